The van der Waals surface area contributed by atoms with Crippen molar-refractivity contribution in [1.29, 1.82) is 0 Å². The van der Waals surface area contributed by atoms with Crippen LogP contribution in [0.5, 0.6) is 0 Å². The molecule has 4 rings (SSSR count). The number of aryl methyl sites for hydroxylation is 3. The van der Waals surface area contributed by atoms with Crippen LogP contribution in [0.4, 0.5) is 0 Å². The number of imidazole rings is 1. The Hall–Kier alpha value is -3.01. The van der Waals surface area contributed by atoms with Crippen LogP contribution in [0.3, 0.4) is 0 Å². The molecule has 0 amide bonds. The van der Waals surface area contributed by atoms with Crippen LogP contribution in [0.1, 0.15) is 36.4 Å². The van der Waals surface area contributed by atoms with Crippen molar-refractivity contribution in [1.82, 2.24) is 14.4 Å². The molecule has 3 aromatic rings. The molecule has 0 saturated carbocycles. The summed E-state index contributed by atoms with van der Waals surface area (Å²) in [6.07, 6.45) is 8.94. The summed E-state index contributed by atoms with van der Waals surface area (Å²) < 4.78 is 4.50. The predicted octanol–water partition coefficient (Wildman–Crippen LogP) is 4.46. The maximum absolute atomic E-state index is 2.48. The first kappa shape index (κ1) is 20.3. The number of hydrogen-bond donors (Lipinski definition) is 0. The van der Waals surface area contributed by atoms with Crippen molar-refractivity contribution in [2.75, 3.05) is 7.05 Å². The highest BCUT2D eigenvalue weighted by Gasteiger charge is 2.48. The van der Waals surface area contributed by atoms with E-state index in [0.29, 0.717) is 0 Å². The summed E-state index contributed by atoms with van der Waals surface area (Å²) in [4.78, 5) is 4.74. The summed E-state index contributed by atoms with van der Waals surface area (Å²) in [7, 11) is 6.42. The first-order valence-electron chi connectivity index (χ1n) is 10.6. The van der Waals surface area contributed by atoms with Crippen molar-refractivity contribution in [2.45, 2.75) is 39.4 Å². The second-order valence-electron chi connectivity index (χ2n) is 8.71. The highest BCUT2D eigenvalue weighted by Crippen LogP contribution is 2.42. The van der Waals surface area contributed by atoms with Gasteiger partial charge in [0, 0.05) is 19.4 Å². The summed E-state index contributed by atoms with van der Waals surface area (Å²) in [5.74, 6) is 1.25. The monoisotopic (exact) mass is 401 g/mol. The predicted molar refractivity (Wildman–Crippen MR) is 123 cm³/mol. The third-order valence-corrected chi connectivity index (χ3v) is 6.88. The standard InChI is InChI=1S/C26H33N4/c1-19-11-8-9-12-22(19)23-13-10-14-24(20(23)2)26(4,25-28(6)15-16-29(25)7)30-18-17-27(5)21(30)3/h8-18,21H,1-7H3/q+1/t21-,26?/m0/s1. The molecule has 0 bridgehead atoms. The molecule has 1 unspecified atom stereocenters. The summed E-state index contributed by atoms with van der Waals surface area (Å²) in [6, 6.07) is 15.4. The minimum absolute atomic E-state index is 0.256. The van der Waals surface area contributed by atoms with Gasteiger partial charge in [0.2, 0.25) is 0 Å². The Labute approximate surface area is 180 Å². The molecule has 0 saturated heterocycles. The number of hydrogen-bond acceptors (Lipinski definition) is 2. The zero-order valence-corrected chi connectivity index (χ0v) is 19.2. The zero-order chi connectivity index (χ0) is 21.6. The molecule has 0 radical (unpaired) electrons. The lowest BCUT2D eigenvalue weighted by Crippen LogP contribution is -2.54. The van der Waals surface area contributed by atoms with E-state index in [9.17, 15) is 0 Å². The third-order valence-electron chi connectivity index (χ3n) is 6.88. The van der Waals surface area contributed by atoms with E-state index in [1.807, 2.05) is 0 Å². The number of benzene rings is 2. The highest BCUT2D eigenvalue weighted by molar-refractivity contribution is 5.72. The number of rotatable bonds is 4. The fraction of sp³-hybridized carbons (Fsp3) is 0.346. The van der Waals surface area contributed by atoms with E-state index in [0.717, 1.165) is 0 Å². The molecule has 2 atom stereocenters. The summed E-state index contributed by atoms with van der Waals surface area (Å²) in [5.41, 5.74) is 6.22. The molecular formula is C26H33N4+. The molecule has 0 spiro atoms. The Bertz CT molecular complexity index is 1090. The van der Waals surface area contributed by atoms with E-state index in [-0.39, 0.29) is 11.7 Å². The SMILES string of the molecule is Cc1ccccc1-c1cccc(C(C)(c2n(C)cc[n+]2C)N2C=CN(C)[C@@H]2C)c1C. The largest absolute Gasteiger partial charge is 0.359 e. The van der Waals surface area contributed by atoms with Crippen molar-refractivity contribution in [3.63, 3.8) is 0 Å². The quantitative estimate of drug-likeness (QED) is 0.600. The van der Waals surface area contributed by atoms with E-state index < -0.39 is 0 Å². The maximum Gasteiger partial charge on any atom is 0.286 e. The molecule has 2 aromatic carbocycles. The first-order valence-corrected chi connectivity index (χ1v) is 10.6. The Morgan fingerprint density at radius 1 is 0.933 bits per heavy atom. The van der Waals surface area contributed by atoms with Crippen LogP contribution in [0.15, 0.2) is 67.3 Å². The smallest absolute Gasteiger partial charge is 0.286 e. The normalized spacial score (nSPS) is 18.2. The fourth-order valence-corrected chi connectivity index (χ4v) is 5.13. The lowest BCUT2D eigenvalue weighted by molar-refractivity contribution is -0.683. The van der Waals surface area contributed by atoms with E-state index in [1.165, 1.54) is 33.6 Å². The van der Waals surface area contributed by atoms with Gasteiger partial charge in [-0.25, -0.2) is 9.13 Å². The Balaban J connectivity index is 1.99. The molecule has 1 aliphatic rings. The Morgan fingerprint density at radius 2 is 1.63 bits per heavy atom. The molecule has 0 fully saturated rings. The van der Waals surface area contributed by atoms with Crippen LogP contribution in [-0.4, -0.2) is 27.6 Å². The van der Waals surface area contributed by atoms with Gasteiger partial charge in [0.15, 0.2) is 5.54 Å². The van der Waals surface area contributed by atoms with E-state index >= 15 is 0 Å². The van der Waals surface area contributed by atoms with Gasteiger partial charge in [-0.15, -0.1) is 0 Å². The van der Waals surface area contributed by atoms with Crippen LogP contribution < -0.4 is 4.57 Å². The minimum atomic E-state index is -0.337. The van der Waals surface area contributed by atoms with Gasteiger partial charge in [0.1, 0.15) is 12.4 Å². The van der Waals surface area contributed by atoms with Crippen molar-refractivity contribution >= 4 is 0 Å². The van der Waals surface area contributed by atoms with Gasteiger partial charge in [-0.3, -0.25) is 0 Å². The van der Waals surface area contributed by atoms with E-state index in [2.05, 4.69) is 135 Å². The Kier molecular flexibility index (Phi) is 4.97. The van der Waals surface area contributed by atoms with Crippen LogP contribution in [0.25, 0.3) is 11.1 Å². The fourth-order valence-electron chi connectivity index (χ4n) is 5.13. The van der Waals surface area contributed by atoms with Crippen LogP contribution in [-0.2, 0) is 19.6 Å². The van der Waals surface area contributed by atoms with E-state index in [1.54, 1.807) is 0 Å². The minimum Gasteiger partial charge on any atom is -0.359 e. The molecule has 30 heavy (non-hydrogen) atoms. The average molecular weight is 402 g/mol. The van der Waals surface area contributed by atoms with Crippen molar-refractivity contribution in [3.05, 3.63) is 89.8 Å². The molecule has 1 aliphatic heterocycles. The van der Waals surface area contributed by atoms with Crippen molar-refractivity contribution in [2.24, 2.45) is 14.1 Å². The summed E-state index contributed by atoms with van der Waals surface area (Å²) in [6.45, 7) is 9.08. The molecule has 0 N–H and O–H groups in total. The van der Waals surface area contributed by atoms with Crippen molar-refractivity contribution < 1.29 is 4.57 Å². The van der Waals surface area contributed by atoms with Crippen LogP contribution in [0.2, 0.25) is 0 Å². The Morgan fingerprint density at radius 3 is 2.23 bits per heavy atom. The van der Waals surface area contributed by atoms with Gasteiger partial charge in [-0.05, 0) is 55.5 Å². The van der Waals surface area contributed by atoms with Gasteiger partial charge in [0.05, 0.1) is 20.3 Å². The molecular weight excluding hydrogens is 368 g/mol. The van der Waals surface area contributed by atoms with Crippen molar-refractivity contribution in [3.8, 4) is 11.1 Å². The molecule has 1 aromatic heterocycles. The average Bonchev–Trinajstić information content (AvgIpc) is 3.24. The molecule has 156 valence electrons. The van der Waals surface area contributed by atoms with Gasteiger partial charge in [-0.2, -0.15) is 0 Å². The second kappa shape index (κ2) is 7.35. The van der Waals surface area contributed by atoms with Crippen LogP contribution >= 0.6 is 0 Å². The molecule has 4 heteroatoms. The second-order valence-corrected chi connectivity index (χ2v) is 8.71. The zero-order valence-electron chi connectivity index (χ0n) is 19.2. The van der Waals surface area contributed by atoms with E-state index in [4.69, 9.17) is 0 Å². The first-order chi connectivity index (χ1) is 14.3. The van der Waals surface area contributed by atoms with Crippen LogP contribution in [0, 0.1) is 13.8 Å². The van der Waals surface area contributed by atoms with Gasteiger partial charge in [-0.1, -0.05) is 42.5 Å². The molecule has 4 nitrogen and oxygen atoms in total. The topological polar surface area (TPSA) is 15.3 Å². The molecule has 2 heterocycles. The number of nitrogens with zero attached hydrogens (tertiary/aromatic N) is 4. The molecule has 0 aliphatic carbocycles. The lowest BCUT2D eigenvalue weighted by atomic mass is 9.82. The lowest BCUT2D eigenvalue weighted by Gasteiger charge is -2.42. The van der Waals surface area contributed by atoms with Gasteiger partial charge >= 0.3 is 0 Å². The van der Waals surface area contributed by atoms with Gasteiger partial charge < -0.3 is 9.80 Å². The number of aromatic nitrogens is 2. The third kappa shape index (κ3) is 2.94. The highest BCUT2D eigenvalue weighted by atomic mass is 15.4. The van der Waals surface area contributed by atoms with Gasteiger partial charge in [0.25, 0.3) is 5.82 Å². The summed E-state index contributed by atoms with van der Waals surface area (Å²) in [5, 5.41) is 0. The summed E-state index contributed by atoms with van der Waals surface area (Å²) >= 11 is 0. The maximum atomic E-state index is 2.48.